The molecule has 0 saturated carbocycles. The van der Waals surface area contributed by atoms with Gasteiger partial charge in [0.1, 0.15) is 0 Å². The summed E-state index contributed by atoms with van der Waals surface area (Å²) < 4.78 is 19.0. The number of carbonyl (C=O) groups is 1. The van der Waals surface area contributed by atoms with E-state index in [4.69, 9.17) is 4.74 Å². The summed E-state index contributed by atoms with van der Waals surface area (Å²) in [6, 6.07) is 5.04. The quantitative estimate of drug-likeness (QED) is 0.896. The van der Waals surface area contributed by atoms with Crippen molar-refractivity contribution in [3.63, 3.8) is 0 Å². The largest absolute Gasteiger partial charge is 0.505 e. The van der Waals surface area contributed by atoms with E-state index in [2.05, 4.69) is 4.90 Å². The summed E-state index contributed by atoms with van der Waals surface area (Å²) in [6.45, 7) is 4.50. The fraction of sp³-hybridized carbons (Fsp3) is 0.650. The molecule has 4 aliphatic heterocycles. The fourth-order valence-electron chi connectivity index (χ4n) is 4.71. The number of phenols is 1. The van der Waals surface area contributed by atoms with Crippen molar-refractivity contribution in [1.82, 2.24) is 9.80 Å². The zero-order valence-electron chi connectivity index (χ0n) is 15.1. The highest BCUT2D eigenvalue weighted by molar-refractivity contribution is 5.79. The molecule has 1 N–H and O–H groups in total. The highest BCUT2D eigenvalue weighted by Gasteiger charge is 2.39. The SMILES string of the molecule is O=C(Cc1ccc(O)c(F)c1)N1C[C@H]2CC[C@@H]1CN(C1CCOCC1)C2. The second kappa shape index (κ2) is 7.53. The molecule has 0 radical (unpaired) electrons. The van der Waals surface area contributed by atoms with Crippen molar-refractivity contribution < 1.29 is 19.0 Å². The van der Waals surface area contributed by atoms with Crippen molar-refractivity contribution in [2.75, 3.05) is 32.8 Å². The highest BCUT2D eigenvalue weighted by Crippen LogP contribution is 2.31. The second-order valence-electron chi connectivity index (χ2n) is 7.90. The van der Waals surface area contributed by atoms with Gasteiger partial charge in [-0.1, -0.05) is 6.07 Å². The van der Waals surface area contributed by atoms with Gasteiger partial charge in [0.25, 0.3) is 0 Å². The molecule has 1 aromatic rings. The Labute approximate surface area is 153 Å². The monoisotopic (exact) mass is 362 g/mol. The smallest absolute Gasteiger partial charge is 0.227 e. The molecule has 142 valence electrons. The molecule has 0 spiro atoms. The molecule has 5 rings (SSSR count). The van der Waals surface area contributed by atoms with E-state index in [-0.39, 0.29) is 24.1 Å². The third kappa shape index (κ3) is 3.71. The first-order valence-electron chi connectivity index (χ1n) is 9.69. The number of amides is 1. The van der Waals surface area contributed by atoms with Gasteiger partial charge in [0.05, 0.1) is 6.42 Å². The van der Waals surface area contributed by atoms with Crippen LogP contribution < -0.4 is 0 Å². The van der Waals surface area contributed by atoms with Gasteiger partial charge in [-0.05, 0) is 49.3 Å². The molecule has 0 aromatic heterocycles. The zero-order chi connectivity index (χ0) is 18.1. The van der Waals surface area contributed by atoms with E-state index in [1.807, 2.05) is 4.90 Å². The number of hydrogen-bond donors (Lipinski definition) is 1. The predicted octanol–water partition coefficient (Wildman–Crippen LogP) is 2.18. The van der Waals surface area contributed by atoms with E-state index in [0.717, 1.165) is 52.1 Å². The summed E-state index contributed by atoms with van der Waals surface area (Å²) in [4.78, 5) is 17.5. The van der Waals surface area contributed by atoms with Crippen molar-refractivity contribution in [2.24, 2.45) is 5.92 Å². The van der Waals surface area contributed by atoms with Gasteiger partial charge in [0, 0.05) is 44.9 Å². The Kier molecular flexibility index (Phi) is 5.14. The molecule has 1 amide bonds. The molecule has 4 saturated heterocycles. The van der Waals surface area contributed by atoms with Crippen LogP contribution in [0.2, 0.25) is 0 Å². The standard InChI is InChI=1S/C20H27FN2O3/c21-18-9-14(2-4-19(18)24)10-20(25)23-12-15-1-3-17(23)13-22(11-15)16-5-7-26-8-6-16/h2,4,9,15-17,24H,1,3,5-8,10-13H2/t15-,17+/m0/s1. The first-order valence-corrected chi connectivity index (χ1v) is 9.69. The van der Waals surface area contributed by atoms with Crippen molar-refractivity contribution in [3.8, 4) is 5.75 Å². The van der Waals surface area contributed by atoms with Crippen LogP contribution >= 0.6 is 0 Å². The molecule has 4 heterocycles. The minimum atomic E-state index is -0.668. The van der Waals surface area contributed by atoms with Crippen molar-refractivity contribution in [2.45, 2.75) is 44.2 Å². The van der Waals surface area contributed by atoms with E-state index in [1.54, 1.807) is 6.07 Å². The van der Waals surface area contributed by atoms with Crippen LogP contribution in [0.4, 0.5) is 4.39 Å². The molecule has 5 nitrogen and oxygen atoms in total. The lowest BCUT2D eigenvalue weighted by molar-refractivity contribution is -0.134. The molecular weight excluding hydrogens is 335 g/mol. The Bertz CT molecular complexity index is 662. The fourth-order valence-corrected chi connectivity index (χ4v) is 4.71. The van der Waals surface area contributed by atoms with Crippen LogP contribution in [0.1, 0.15) is 31.2 Å². The van der Waals surface area contributed by atoms with Gasteiger partial charge in [0.15, 0.2) is 11.6 Å². The summed E-state index contributed by atoms with van der Waals surface area (Å²) in [5.74, 6) is -0.448. The molecule has 2 bridgehead atoms. The van der Waals surface area contributed by atoms with E-state index in [9.17, 15) is 14.3 Å². The summed E-state index contributed by atoms with van der Waals surface area (Å²) >= 11 is 0. The molecule has 0 aliphatic carbocycles. The molecule has 0 unspecified atom stereocenters. The molecule has 26 heavy (non-hydrogen) atoms. The van der Waals surface area contributed by atoms with Crippen LogP contribution in [-0.4, -0.2) is 65.7 Å². The van der Waals surface area contributed by atoms with Crippen LogP contribution in [0.15, 0.2) is 18.2 Å². The van der Waals surface area contributed by atoms with Gasteiger partial charge < -0.3 is 14.7 Å². The third-order valence-electron chi connectivity index (χ3n) is 6.14. The third-order valence-corrected chi connectivity index (χ3v) is 6.14. The lowest BCUT2D eigenvalue weighted by Crippen LogP contribution is -2.49. The minimum absolute atomic E-state index is 0.0682. The Morgan fingerprint density at radius 3 is 2.69 bits per heavy atom. The maximum absolute atomic E-state index is 13.6. The minimum Gasteiger partial charge on any atom is -0.505 e. The molecular formula is C20H27FN2O3. The summed E-state index contributed by atoms with van der Waals surface area (Å²) in [5.41, 5.74) is 0.617. The van der Waals surface area contributed by atoms with Crippen molar-refractivity contribution >= 4 is 5.91 Å². The van der Waals surface area contributed by atoms with E-state index in [0.29, 0.717) is 17.5 Å². The lowest BCUT2D eigenvalue weighted by Gasteiger charge is -2.37. The summed E-state index contributed by atoms with van der Waals surface area (Å²) in [6.07, 6.45) is 4.60. The van der Waals surface area contributed by atoms with Crippen molar-refractivity contribution in [3.05, 3.63) is 29.6 Å². The molecule has 4 fully saturated rings. The van der Waals surface area contributed by atoms with E-state index in [1.165, 1.54) is 18.6 Å². The number of nitrogens with zero attached hydrogens (tertiary/aromatic N) is 2. The molecule has 4 aliphatic rings. The lowest BCUT2D eigenvalue weighted by atomic mass is 9.94. The van der Waals surface area contributed by atoms with Gasteiger partial charge >= 0.3 is 0 Å². The van der Waals surface area contributed by atoms with Crippen LogP contribution in [0, 0.1) is 11.7 Å². The number of rotatable bonds is 3. The van der Waals surface area contributed by atoms with Gasteiger partial charge in [-0.3, -0.25) is 9.69 Å². The maximum Gasteiger partial charge on any atom is 0.227 e. The second-order valence-corrected chi connectivity index (χ2v) is 7.90. The molecule has 6 heteroatoms. The van der Waals surface area contributed by atoms with Gasteiger partial charge in [-0.2, -0.15) is 0 Å². The number of halogens is 1. The van der Waals surface area contributed by atoms with E-state index < -0.39 is 5.82 Å². The number of aromatic hydroxyl groups is 1. The average molecular weight is 362 g/mol. The molecule has 1 aromatic carbocycles. The Morgan fingerprint density at radius 1 is 1.12 bits per heavy atom. The van der Waals surface area contributed by atoms with Crippen LogP contribution in [0.3, 0.4) is 0 Å². The number of carbonyl (C=O) groups excluding carboxylic acids is 1. The van der Waals surface area contributed by atoms with Gasteiger partial charge in [-0.15, -0.1) is 0 Å². The molecule has 2 atom stereocenters. The number of benzene rings is 1. The Hall–Kier alpha value is -1.66. The number of fused-ring (bicyclic) bond motifs is 4. The van der Waals surface area contributed by atoms with Crippen LogP contribution in [-0.2, 0) is 16.0 Å². The topological polar surface area (TPSA) is 53.0 Å². The highest BCUT2D eigenvalue weighted by atomic mass is 19.1. The summed E-state index contributed by atoms with van der Waals surface area (Å²) in [5, 5.41) is 9.32. The normalized spacial score (nSPS) is 27.5. The summed E-state index contributed by atoms with van der Waals surface area (Å²) in [7, 11) is 0. The number of piperidine rings is 1. The number of ether oxygens (including phenoxy) is 1. The maximum atomic E-state index is 13.6. The predicted molar refractivity (Wildman–Crippen MR) is 95.4 cm³/mol. The number of phenolic OH excluding ortho intramolecular Hbond substituents is 1. The van der Waals surface area contributed by atoms with Crippen LogP contribution in [0.25, 0.3) is 0 Å². The van der Waals surface area contributed by atoms with Gasteiger partial charge in [0.2, 0.25) is 5.91 Å². The zero-order valence-corrected chi connectivity index (χ0v) is 15.1. The first kappa shape index (κ1) is 17.7. The van der Waals surface area contributed by atoms with Crippen molar-refractivity contribution in [1.29, 1.82) is 0 Å². The van der Waals surface area contributed by atoms with E-state index >= 15 is 0 Å². The van der Waals surface area contributed by atoms with Crippen LogP contribution in [0.5, 0.6) is 5.75 Å². The Morgan fingerprint density at radius 2 is 1.92 bits per heavy atom. The van der Waals surface area contributed by atoms with Gasteiger partial charge in [-0.25, -0.2) is 4.39 Å². The first-order chi connectivity index (χ1) is 12.6. The average Bonchev–Trinajstić information content (AvgIpc) is 2.97. The Balaban J connectivity index is 1.43. The number of hydrogen-bond acceptors (Lipinski definition) is 4.